The molecule has 2 amide bonds. The van der Waals surface area contributed by atoms with Crippen LogP contribution in [0, 0.1) is 0 Å². The molecule has 2 aliphatic heterocycles. The van der Waals surface area contributed by atoms with Crippen molar-refractivity contribution in [2.75, 3.05) is 26.2 Å². The quantitative estimate of drug-likeness (QED) is 0.785. The Balaban J connectivity index is 1.60. The van der Waals surface area contributed by atoms with Crippen LogP contribution in [0.3, 0.4) is 0 Å². The van der Waals surface area contributed by atoms with Crippen molar-refractivity contribution in [1.82, 2.24) is 9.80 Å². The molecule has 0 radical (unpaired) electrons. The van der Waals surface area contributed by atoms with Crippen LogP contribution in [0.2, 0.25) is 0 Å². The number of carbonyl (C=O) groups excluding carboxylic acids is 2. The molecule has 1 aromatic carbocycles. The van der Waals surface area contributed by atoms with E-state index in [1.165, 1.54) is 10.5 Å². The van der Waals surface area contributed by atoms with E-state index in [9.17, 15) is 9.59 Å². The van der Waals surface area contributed by atoms with Crippen molar-refractivity contribution in [2.24, 2.45) is 0 Å². The fourth-order valence-corrected chi connectivity index (χ4v) is 4.04. The summed E-state index contributed by atoms with van der Waals surface area (Å²) in [7, 11) is 0. The highest BCUT2D eigenvalue weighted by molar-refractivity contribution is 8.01. The fraction of sp³-hybridized carbons (Fsp3) is 0.467. The molecule has 3 rings (SSSR count). The van der Waals surface area contributed by atoms with Crippen molar-refractivity contribution in [1.29, 1.82) is 0 Å². The molecule has 2 aliphatic rings. The molecule has 1 fully saturated rings. The Hall–Kier alpha value is -1.49. The summed E-state index contributed by atoms with van der Waals surface area (Å²) in [4.78, 5) is 28.8. The zero-order chi connectivity index (χ0) is 14.1. The summed E-state index contributed by atoms with van der Waals surface area (Å²) < 4.78 is 0. The van der Waals surface area contributed by atoms with E-state index in [2.05, 4.69) is 12.1 Å². The van der Waals surface area contributed by atoms with Crippen LogP contribution in [0.5, 0.6) is 0 Å². The number of nitrogens with zero attached hydrogens (tertiary/aromatic N) is 2. The molecule has 20 heavy (non-hydrogen) atoms. The van der Waals surface area contributed by atoms with Crippen molar-refractivity contribution in [3.63, 3.8) is 0 Å². The van der Waals surface area contributed by atoms with Crippen LogP contribution in [-0.4, -0.2) is 53.0 Å². The highest BCUT2D eigenvalue weighted by atomic mass is 32.2. The van der Waals surface area contributed by atoms with Crippen LogP contribution in [0.15, 0.2) is 29.2 Å². The first kappa shape index (κ1) is 13.5. The summed E-state index contributed by atoms with van der Waals surface area (Å²) in [6.45, 7) is 4.22. The van der Waals surface area contributed by atoms with Crippen LogP contribution in [0.1, 0.15) is 12.5 Å². The largest absolute Gasteiger partial charge is 0.339 e. The first-order valence-corrected chi connectivity index (χ1v) is 7.82. The minimum Gasteiger partial charge on any atom is -0.339 e. The first-order chi connectivity index (χ1) is 9.65. The maximum Gasteiger partial charge on any atom is 0.236 e. The molecule has 5 heteroatoms. The third kappa shape index (κ3) is 2.54. The number of hydrogen-bond acceptors (Lipinski definition) is 3. The predicted molar refractivity (Wildman–Crippen MR) is 78.6 cm³/mol. The van der Waals surface area contributed by atoms with Gasteiger partial charge in [-0.15, -0.1) is 11.8 Å². The maximum absolute atomic E-state index is 12.5. The van der Waals surface area contributed by atoms with Gasteiger partial charge in [0.15, 0.2) is 0 Å². The van der Waals surface area contributed by atoms with E-state index >= 15 is 0 Å². The lowest BCUT2D eigenvalue weighted by molar-refractivity contribution is -0.138. The Morgan fingerprint density at radius 1 is 1.10 bits per heavy atom. The molecule has 0 aromatic heterocycles. The number of hydrogen-bond donors (Lipinski definition) is 0. The molecule has 106 valence electrons. The average molecular weight is 290 g/mol. The number of benzene rings is 1. The van der Waals surface area contributed by atoms with Gasteiger partial charge in [0.05, 0.1) is 5.25 Å². The van der Waals surface area contributed by atoms with Crippen molar-refractivity contribution in [3.8, 4) is 0 Å². The van der Waals surface area contributed by atoms with E-state index in [-0.39, 0.29) is 17.1 Å². The lowest BCUT2D eigenvalue weighted by atomic mass is 10.1. The first-order valence-electron chi connectivity index (χ1n) is 6.94. The number of fused-ring (bicyclic) bond motifs is 1. The van der Waals surface area contributed by atoms with E-state index in [1.54, 1.807) is 23.6 Å². The molecule has 1 aromatic rings. The zero-order valence-corrected chi connectivity index (χ0v) is 12.4. The summed E-state index contributed by atoms with van der Waals surface area (Å²) >= 11 is 1.67. The summed E-state index contributed by atoms with van der Waals surface area (Å²) in [6, 6.07) is 8.23. The summed E-state index contributed by atoms with van der Waals surface area (Å²) in [6.07, 6.45) is 0.826. The van der Waals surface area contributed by atoms with E-state index in [0.717, 1.165) is 6.42 Å². The van der Waals surface area contributed by atoms with E-state index < -0.39 is 0 Å². The molecular formula is C15H18N2O2S. The van der Waals surface area contributed by atoms with Crippen LogP contribution in [-0.2, 0) is 16.0 Å². The minimum atomic E-state index is 0.0104. The van der Waals surface area contributed by atoms with Crippen LogP contribution in [0.25, 0.3) is 0 Å². The molecule has 1 atom stereocenters. The van der Waals surface area contributed by atoms with Crippen LogP contribution >= 0.6 is 11.8 Å². The van der Waals surface area contributed by atoms with Crippen molar-refractivity contribution in [3.05, 3.63) is 29.8 Å². The molecule has 4 nitrogen and oxygen atoms in total. The van der Waals surface area contributed by atoms with Gasteiger partial charge in [0.2, 0.25) is 11.8 Å². The Labute approximate surface area is 123 Å². The third-order valence-corrected chi connectivity index (χ3v) is 5.26. The molecule has 1 saturated heterocycles. The van der Waals surface area contributed by atoms with Gasteiger partial charge in [0, 0.05) is 38.0 Å². The summed E-state index contributed by atoms with van der Waals surface area (Å²) in [5.41, 5.74) is 1.28. The van der Waals surface area contributed by atoms with E-state index in [1.807, 2.05) is 17.0 Å². The Morgan fingerprint density at radius 3 is 2.40 bits per heavy atom. The minimum absolute atomic E-state index is 0.0104. The Morgan fingerprint density at radius 2 is 1.75 bits per heavy atom. The fourth-order valence-electron chi connectivity index (χ4n) is 2.77. The summed E-state index contributed by atoms with van der Waals surface area (Å²) in [5, 5.41) is 0.0104. The number of piperazine rings is 1. The number of rotatable bonds is 1. The standard InChI is InChI=1S/C15H18N2O2S/c1-11(18)16-6-8-17(9-7-16)15(19)14-10-12-4-2-3-5-13(12)20-14/h2-5,14H,6-10H2,1H3. The van der Waals surface area contributed by atoms with Crippen molar-refractivity contribution in [2.45, 2.75) is 23.5 Å². The highest BCUT2D eigenvalue weighted by Crippen LogP contribution is 2.37. The molecule has 0 bridgehead atoms. The number of thioether (sulfide) groups is 1. The van der Waals surface area contributed by atoms with Crippen molar-refractivity contribution >= 4 is 23.6 Å². The van der Waals surface area contributed by atoms with Crippen LogP contribution < -0.4 is 0 Å². The van der Waals surface area contributed by atoms with Crippen LogP contribution in [0.4, 0.5) is 0 Å². The van der Waals surface area contributed by atoms with Gasteiger partial charge >= 0.3 is 0 Å². The van der Waals surface area contributed by atoms with Gasteiger partial charge in [0.1, 0.15) is 0 Å². The molecule has 2 heterocycles. The molecule has 0 spiro atoms. The second-order valence-corrected chi connectivity index (χ2v) is 6.49. The van der Waals surface area contributed by atoms with Crippen molar-refractivity contribution < 1.29 is 9.59 Å². The average Bonchev–Trinajstić information content (AvgIpc) is 2.90. The lowest BCUT2D eigenvalue weighted by Crippen LogP contribution is -2.52. The van der Waals surface area contributed by atoms with E-state index in [0.29, 0.717) is 26.2 Å². The molecule has 0 N–H and O–H groups in total. The van der Waals surface area contributed by atoms with Gasteiger partial charge in [-0.05, 0) is 18.1 Å². The van der Waals surface area contributed by atoms with Gasteiger partial charge in [-0.1, -0.05) is 18.2 Å². The zero-order valence-electron chi connectivity index (χ0n) is 11.5. The maximum atomic E-state index is 12.5. The number of amides is 2. The smallest absolute Gasteiger partial charge is 0.236 e. The highest BCUT2D eigenvalue weighted by Gasteiger charge is 2.32. The van der Waals surface area contributed by atoms with E-state index in [4.69, 9.17) is 0 Å². The third-order valence-electron chi connectivity index (χ3n) is 3.96. The second kappa shape index (κ2) is 5.48. The predicted octanol–water partition coefficient (Wildman–Crippen LogP) is 1.39. The van der Waals surface area contributed by atoms with Gasteiger partial charge in [-0.3, -0.25) is 9.59 Å². The topological polar surface area (TPSA) is 40.6 Å². The second-order valence-electron chi connectivity index (χ2n) is 5.25. The van der Waals surface area contributed by atoms with Gasteiger partial charge < -0.3 is 9.80 Å². The lowest BCUT2D eigenvalue weighted by Gasteiger charge is -2.35. The number of carbonyl (C=O) groups is 2. The Kier molecular flexibility index (Phi) is 3.70. The Bertz CT molecular complexity index is 513. The molecular weight excluding hydrogens is 272 g/mol. The van der Waals surface area contributed by atoms with Gasteiger partial charge in [-0.2, -0.15) is 0 Å². The molecule has 0 aliphatic carbocycles. The molecule has 0 saturated carbocycles. The monoisotopic (exact) mass is 290 g/mol. The van der Waals surface area contributed by atoms with Gasteiger partial charge in [0.25, 0.3) is 0 Å². The normalized spacial score (nSPS) is 21.8. The molecule has 1 unspecified atom stereocenters. The SMILES string of the molecule is CC(=O)N1CCN(C(=O)C2Cc3ccccc3S2)CC1. The summed E-state index contributed by atoms with van der Waals surface area (Å²) in [5.74, 6) is 0.314. The van der Waals surface area contributed by atoms with Gasteiger partial charge in [-0.25, -0.2) is 0 Å².